The van der Waals surface area contributed by atoms with Gasteiger partial charge in [-0.3, -0.25) is 13.8 Å². The number of allylic oxidation sites excluding steroid dienone is 4. The molecule has 0 bridgehead atoms. The zero-order chi connectivity index (χ0) is 27.9. The first kappa shape index (κ1) is 27.4. The summed E-state index contributed by atoms with van der Waals surface area (Å²) >= 11 is 0. The second kappa shape index (κ2) is 8.65. The molecule has 0 saturated heterocycles. The maximum atomic E-state index is 17.4. The summed E-state index contributed by atoms with van der Waals surface area (Å²) < 4.78 is 50.4. The highest BCUT2D eigenvalue weighted by atomic mass is 32.2. The van der Waals surface area contributed by atoms with Crippen molar-refractivity contribution in [2.45, 2.75) is 75.6 Å². The van der Waals surface area contributed by atoms with E-state index in [1.807, 2.05) is 6.92 Å². The van der Waals surface area contributed by atoms with Crippen LogP contribution in [0.2, 0.25) is 0 Å². The predicted molar refractivity (Wildman–Crippen MR) is 137 cm³/mol. The number of ketones is 2. The SMILES string of the molecule is Cc1ccc(S(=O)(=O)O[C@]2(C(=O)CO)[C@H](C)C[C@H]3[C@@H]4CCC5=CC(=O)C=C[C@]5(C)[C@@]4(F)[C@@H](O)C[C@@]32C)cc1. The van der Waals surface area contributed by atoms with Crippen LogP contribution in [0.25, 0.3) is 0 Å². The lowest BCUT2D eigenvalue weighted by atomic mass is 9.44. The molecule has 3 fully saturated rings. The summed E-state index contributed by atoms with van der Waals surface area (Å²) in [5.41, 5.74) is -5.14. The lowest BCUT2D eigenvalue weighted by Crippen LogP contribution is -2.70. The Kier molecular flexibility index (Phi) is 6.23. The number of carbonyl (C=O) groups excluding carboxylic acids is 2. The minimum absolute atomic E-state index is 0.124. The average molecular weight is 547 g/mol. The van der Waals surface area contributed by atoms with Crippen LogP contribution < -0.4 is 0 Å². The zero-order valence-corrected chi connectivity index (χ0v) is 22.9. The molecule has 7 nitrogen and oxygen atoms in total. The summed E-state index contributed by atoms with van der Waals surface area (Å²) in [6, 6.07) is 6.04. The van der Waals surface area contributed by atoms with Crippen LogP contribution in [0.5, 0.6) is 0 Å². The summed E-state index contributed by atoms with van der Waals surface area (Å²) in [6.07, 6.45) is 3.58. The van der Waals surface area contributed by atoms with Gasteiger partial charge in [0.2, 0.25) is 0 Å². The molecule has 2 N–H and O–H groups in total. The van der Waals surface area contributed by atoms with Crippen LogP contribution in [0.1, 0.15) is 52.0 Å². The number of aliphatic hydroxyl groups excluding tert-OH is 2. The Morgan fingerprint density at radius 2 is 1.84 bits per heavy atom. The van der Waals surface area contributed by atoms with Gasteiger partial charge in [0.1, 0.15) is 6.61 Å². The van der Waals surface area contributed by atoms with Crippen LogP contribution in [0.4, 0.5) is 4.39 Å². The molecule has 1 aromatic rings. The van der Waals surface area contributed by atoms with Crippen LogP contribution in [-0.4, -0.2) is 54.2 Å². The highest BCUT2D eigenvalue weighted by Gasteiger charge is 2.77. The van der Waals surface area contributed by atoms with Gasteiger partial charge in [0.15, 0.2) is 22.8 Å². The van der Waals surface area contributed by atoms with E-state index in [9.17, 15) is 28.2 Å². The van der Waals surface area contributed by atoms with Gasteiger partial charge in [-0.05, 0) is 75.7 Å². The molecule has 0 spiro atoms. The van der Waals surface area contributed by atoms with Gasteiger partial charge in [0.05, 0.1) is 11.0 Å². The van der Waals surface area contributed by atoms with Crippen LogP contribution in [0.3, 0.4) is 0 Å². The molecule has 3 saturated carbocycles. The lowest BCUT2D eigenvalue weighted by Gasteiger charge is -2.62. The smallest absolute Gasteiger partial charge is 0.297 e. The van der Waals surface area contributed by atoms with E-state index in [4.69, 9.17) is 4.18 Å². The van der Waals surface area contributed by atoms with E-state index in [0.717, 1.165) is 5.56 Å². The van der Waals surface area contributed by atoms with Gasteiger partial charge in [-0.2, -0.15) is 8.42 Å². The number of benzene rings is 1. The fourth-order valence-corrected chi connectivity index (χ4v) is 9.75. The van der Waals surface area contributed by atoms with E-state index in [1.165, 1.54) is 24.3 Å². The molecule has 9 heteroatoms. The summed E-state index contributed by atoms with van der Waals surface area (Å²) in [5.74, 6) is -2.93. The van der Waals surface area contributed by atoms with Crippen molar-refractivity contribution in [3.05, 3.63) is 53.6 Å². The monoisotopic (exact) mass is 546 g/mol. The second-order valence-electron chi connectivity index (χ2n) is 12.1. The third-order valence-corrected chi connectivity index (χ3v) is 11.6. The van der Waals surface area contributed by atoms with Gasteiger partial charge in [-0.25, -0.2) is 4.39 Å². The number of Topliss-reactive ketones (excluding diaryl/α,β-unsaturated/α-hetero) is 1. The molecule has 0 radical (unpaired) electrons. The van der Waals surface area contributed by atoms with E-state index >= 15 is 4.39 Å². The maximum absolute atomic E-state index is 17.4. The number of hydrogen-bond acceptors (Lipinski definition) is 7. The highest BCUT2D eigenvalue weighted by Crippen LogP contribution is 2.71. The Hall–Kier alpha value is -2.20. The molecule has 0 unspecified atom stereocenters. The molecule has 5 rings (SSSR count). The van der Waals surface area contributed by atoms with Crippen molar-refractivity contribution < 1.29 is 36.8 Å². The third kappa shape index (κ3) is 3.37. The number of aryl methyl sites for hydroxylation is 1. The summed E-state index contributed by atoms with van der Waals surface area (Å²) in [6.45, 7) is 5.95. The first-order chi connectivity index (χ1) is 17.7. The van der Waals surface area contributed by atoms with E-state index in [-0.39, 0.29) is 23.5 Å². The van der Waals surface area contributed by atoms with Gasteiger partial charge in [0.25, 0.3) is 10.1 Å². The minimum atomic E-state index is -4.46. The fraction of sp³-hybridized carbons (Fsp3) is 0.586. The van der Waals surface area contributed by atoms with Crippen molar-refractivity contribution in [2.24, 2.45) is 28.6 Å². The lowest BCUT2D eigenvalue weighted by molar-refractivity contribution is -0.214. The molecule has 0 amide bonds. The molecule has 4 aliphatic carbocycles. The van der Waals surface area contributed by atoms with Crippen LogP contribution in [0.15, 0.2) is 53.0 Å². The number of alkyl halides is 1. The summed E-state index contributed by atoms with van der Waals surface area (Å²) in [4.78, 5) is 25.5. The molecule has 4 aliphatic rings. The first-order valence-corrected chi connectivity index (χ1v) is 14.6. The molecule has 0 heterocycles. The largest absolute Gasteiger partial charge is 0.390 e. The van der Waals surface area contributed by atoms with E-state index in [2.05, 4.69) is 0 Å². The van der Waals surface area contributed by atoms with Crippen molar-refractivity contribution in [3.63, 3.8) is 0 Å². The van der Waals surface area contributed by atoms with Gasteiger partial charge < -0.3 is 10.2 Å². The summed E-state index contributed by atoms with van der Waals surface area (Å²) in [5, 5.41) is 21.6. The zero-order valence-electron chi connectivity index (χ0n) is 22.1. The van der Waals surface area contributed by atoms with Gasteiger partial charge in [0, 0.05) is 16.7 Å². The molecular formula is C29H35FO7S. The molecule has 0 aliphatic heterocycles. The number of hydrogen-bond donors (Lipinski definition) is 2. The highest BCUT2D eigenvalue weighted by molar-refractivity contribution is 7.86. The Balaban J connectivity index is 1.63. The van der Waals surface area contributed by atoms with Crippen LogP contribution in [-0.2, 0) is 23.9 Å². The van der Waals surface area contributed by atoms with Crippen molar-refractivity contribution in [2.75, 3.05) is 6.61 Å². The first-order valence-electron chi connectivity index (χ1n) is 13.1. The Bertz CT molecular complexity index is 1350. The number of halogens is 1. The van der Waals surface area contributed by atoms with Crippen molar-refractivity contribution in [1.29, 1.82) is 0 Å². The Morgan fingerprint density at radius 3 is 2.47 bits per heavy atom. The maximum Gasteiger partial charge on any atom is 0.297 e. The average Bonchev–Trinajstić information content (AvgIpc) is 3.07. The van der Waals surface area contributed by atoms with Gasteiger partial charge in [-0.15, -0.1) is 0 Å². The summed E-state index contributed by atoms with van der Waals surface area (Å²) in [7, 11) is -4.46. The number of aliphatic hydroxyl groups is 2. The predicted octanol–water partition coefficient (Wildman–Crippen LogP) is 3.62. The van der Waals surface area contributed by atoms with Crippen molar-refractivity contribution in [3.8, 4) is 0 Å². The molecule has 38 heavy (non-hydrogen) atoms. The quantitative estimate of drug-likeness (QED) is 0.542. The molecule has 206 valence electrons. The van der Waals surface area contributed by atoms with Crippen molar-refractivity contribution in [1.82, 2.24) is 0 Å². The van der Waals surface area contributed by atoms with Crippen LogP contribution >= 0.6 is 0 Å². The molecule has 8 atom stereocenters. The topological polar surface area (TPSA) is 118 Å². The Labute approximate surface area is 222 Å². The molecule has 1 aromatic carbocycles. The Morgan fingerprint density at radius 1 is 1.18 bits per heavy atom. The van der Waals surface area contributed by atoms with Crippen LogP contribution in [0, 0.1) is 35.5 Å². The normalized spacial score (nSPS) is 42.2. The van der Waals surface area contributed by atoms with E-state index < -0.39 is 68.5 Å². The number of fused-ring (bicyclic) bond motifs is 5. The fourth-order valence-electron chi connectivity index (χ4n) is 8.39. The standard InChI is InChI=1S/C29H35FO7S/c1-17-5-8-21(9-6-17)38(35,36)37-29(25(34)16-31)18(2)13-23-22-10-7-19-14-20(32)11-12-26(19,3)28(22,30)24(33)15-27(23,29)4/h5-6,8-9,11-12,14,18,22-24,31,33H,7,10,13,15-16H2,1-4H3/t18-,22+,23+,24+,26+,27+,28+,29+/m1/s1. The second-order valence-corrected chi connectivity index (χ2v) is 13.6. The molecular weight excluding hydrogens is 511 g/mol. The molecule has 0 aromatic heterocycles. The van der Waals surface area contributed by atoms with E-state index in [1.54, 1.807) is 39.0 Å². The number of carbonyl (C=O) groups is 2. The van der Waals surface area contributed by atoms with Crippen molar-refractivity contribution >= 4 is 21.7 Å². The third-order valence-electron chi connectivity index (χ3n) is 10.3. The number of rotatable bonds is 5. The van der Waals surface area contributed by atoms with Gasteiger partial charge >= 0.3 is 0 Å². The minimum Gasteiger partial charge on any atom is -0.390 e. The van der Waals surface area contributed by atoms with E-state index in [0.29, 0.717) is 18.4 Å². The van der Waals surface area contributed by atoms with Gasteiger partial charge in [-0.1, -0.05) is 43.2 Å².